The number of ketones is 1. The van der Waals surface area contributed by atoms with Crippen LogP contribution in [0.5, 0.6) is 0 Å². The first-order valence-corrected chi connectivity index (χ1v) is 10.8. The van der Waals surface area contributed by atoms with E-state index in [1.54, 1.807) is 0 Å². The summed E-state index contributed by atoms with van der Waals surface area (Å²) >= 11 is 0. The Morgan fingerprint density at radius 3 is 1.93 bits per heavy atom. The van der Waals surface area contributed by atoms with Crippen LogP contribution >= 0.6 is 0 Å². The summed E-state index contributed by atoms with van der Waals surface area (Å²) in [7, 11) is 0. The SMILES string of the molecule is CCCNC(=O)CCCNC(=O)CCCC(=O)N[C@H]1CC[C@@H](C(=O)CC)CC1. The van der Waals surface area contributed by atoms with Gasteiger partial charge in [0.25, 0.3) is 0 Å². The van der Waals surface area contributed by atoms with Gasteiger partial charge in [-0.1, -0.05) is 13.8 Å². The Balaban J connectivity index is 2.04. The third-order valence-electron chi connectivity index (χ3n) is 5.18. The van der Waals surface area contributed by atoms with Crippen molar-refractivity contribution in [3.8, 4) is 0 Å². The fourth-order valence-electron chi connectivity index (χ4n) is 3.48. The first-order chi connectivity index (χ1) is 13.5. The lowest BCUT2D eigenvalue weighted by Crippen LogP contribution is -2.38. The van der Waals surface area contributed by atoms with Gasteiger partial charge in [0.2, 0.25) is 17.7 Å². The minimum Gasteiger partial charge on any atom is -0.356 e. The van der Waals surface area contributed by atoms with E-state index in [0.717, 1.165) is 32.1 Å². The molecular weight excluding hydrogens is 358 g/mol. The summed E-state index contributed by atoms with van der Waals surface area (Å²) in [5.41, 5.74) is 0. The second-order valence-corrected chi connectivity index (χ2v) is 7.59. The normalized spacial score (nSPS) is 18.9. The molecule has 1 aliphatic carbocycles. The number of hydrogen-bond acceptors (Lipinski definition) is 4. The van der Waals surface area contributed by atoms with Crippen molar-refractivity contribution < 1.29 is 19.2 Å². The van der Waals surface area contributed by atoms with Gasteiger partial charge in [0, 0.05) is 50.7 Å². The molecule has 0 atom stereocenters. The van der Waals surface area contributed by atoms with Crippen molar-refractivity contribution in [3.05, 3.63) is 0 Å². The summed E-state index contributed by atoms with van der Waals surface area (Å²) in [5, 5.41) is 8.61. The monoisotopic (exact) mass is 395 g/mol. The molecule has 160 valence electrons. The number of carbonyl (C=O) groups excluding carboxylic acids is 4. The maximum absolute atomic E-state index is 12.0. The highest BCUT2D eigenvalue weighted by Crippen LogP contribution is 2.25. The molecule has 0 unspecified atom stereocenters. The lowest BCUT2D eigenvalue weighted by Gasteiger charge is -2.28. The quantitative estimate of drug-likeness (QED) is 0.416. The molecule has 1 aliphatic rings. The number of rotatable bonds is 13. The predicted molar refractivity (Wildman–Crippen MR) is 109 cm³/mol. The van der Waals surface area contributed by atoms with Gasteiger partial charge in [0.15, 0.2) is 0 Å². The fraction of sp³-hybridized carbons (Fsp3) is 0.810. The molecule has 7 nitrogen and oxygen atoms in total. The first-order valence-electron chi connectivity index (χ1n) is 10.8. The minimum atomic E-state index is -0.0830. The summed E-state index contributed by atoms with van der Waals surface area (Å²) < 4.78 is 0. The van der Waals surface area contributed by atoms with Crippen LogP contribution in [-0.4, -0.2) is 42.6 Å². The molecule has 1 rings (SSSR count). The Morgan fingerprint density at radius 2 is 1.32 bits per heavy atom. The van der Waals surface area contributed by atoms with Crippen molar-refractivity contribution in [2.24, 2.45) is 5.92 Å². The van der Waals surface area contributed by atoms with Crippen molar-refractivity contribution in [2.45, 2.75) is 90.5 Å². The van der Waals surface area contributed by atoms with Crippen LogP contribution in [-0.2, 0) is 19.2 Å². The van der Waals surface area contributed by atoms with Crippen LogP contribution < -0.4 is 16.0 Å². The summed E-state index contributed by atoms with van der Waals surface area (Å²) in [4.78, 5) is 47.0. The van der Waals surface area contributed by atoms with E-state index < -0.39 is 0 Å². The standard InChI is InChI=1S/C21H37N3O4/c1-3-14-22-20(27)9-6-15-23-19(26)7-5-8-21(28)24-17-12-10-16(11-13-17)18(25)4-2/h16-17H,3-15H2,1-2H3,(H,22,27)(H,23,26)(H,24,28)/t16-,17+. The lowest BCUT2D eigenvalue weighted by atomic mass is 9.83. The summed E-state index contributed by atoms with van der Waals surface area (Å²) in [6, 6.07) is 0.154. The van der Waals surface area contributed by atoms with E-state index in [2.05, 4.69) is 16.0 Å². The maximum atomic E-state index is 12.0. The Bertz CT molecular complexity index is 514. The number of hydrogen-bond donors (Lipinski definition) is 3. The van der Waals surface area contributed by atoms with Gasteiger partial charge in [0.05, 0.1) is 0 Å². The third kappa shape index (κ3) is 10.4. The predicted octanol–water partition coefficient (Wildman–Crippen LogP) is 2.23. The van der Waals surface area contributed by atoms with Crippen LogP contribution in [0.1, 0.15) is 84.5 Å². The Hall–Kier alpha value is -1.92. The van der Waals surface area contributed by atoms with E-state index in [0.29, 0.717) is 57.4 Å². The summed E-state index contributed by atoms with van der Waals surface area (Å²) in [6.45, 7) is 5.06. The van der Waals surface area contributed by atoms with E-state index in [1.165, 1.54) is 0 Å². The van der Waals surface area contributed by atoms with Gasteiger partial charge in [-0.2, -0.15) is 0 Å². The Labute approximate surface area is 168 Å². The van der Waals surface area contributed by atoms with E-state index in [9.17, 15) is 19.2 Å². The zero-order chi connectivity index (χ0) is 20.8. The smallest absolute Gasteiger partial charge is 0.220 e. The molecule has 0 aromatic carbocycles. The van der Waals surface area contributed by atoms with Gasteiger partial charge in [0.1, 0.15) is 5.78 Å². The topological polar surface area (TPSA) is 104 Å². The largest absolute Gasteiger partial charge is 0.356 e. The molecule has 3 N–H and O–H groups in total. The van der Waals surface area contributed by atoms with Crippen molar-refractivity contribution in [3.63, 3.8) is 0 Å². The highest BCUT2D eigenvalue weighted by molar-refractivity contribution is 5.81. The maximum Gasteiger partial charge on any atom is 0.220 e. The van der Waals surface area contributed by atoms with Gasteiger partial charge in [-0.15, -0.1) is 0 Å². The molecule has 1 saturated carbocycles. The fourth-order valence-corrected chi connectivity index (χ4v) is 3.48. The average molecular weight is 396 g/mol. The van der Waals surface area contributed by atoms with Gasteiger partial charge in [-0.05, 0) is 44.9 Å². The van der Waals surface area contributed by atoms with Gasteiger partial charge >= 0.3 is 0 Å². The zero-order valence-electron chi connectivity index (χ0n) is 17.5. The molecule has 0 aromatic rings. The molecule has 1 fully saturated rings. The molecule has 0 heterocycles. The number of carbonyl (C=O) groups is 4. The Morgan fingerprint density at radius 1 is 0.750 bits per heavy atom. The van der Waals surface area contributed by atoms with Crippen LogP contribution in [0.4, 0.5) is 0 Å². The number of nitrogens with one attached hydrogen (secondary N) is 3. The van der Waals surface area contributed by atoms with Crippen molar-refractivity contribution >= 4 is 23.5 Å². The number of amides is 3. The molecule has 0 aromatic heterocycles. The Kier molecular flexibility index (Phi) is 12.2. The van der Waals surface area contributed by atoms with Crippen LogP contribution in [0.2, 0.25) is 0 Å². The van der Waals surface area contributed by atoms with Crippen molar-refractivity contribution in [1.29, 1.82) is 0 Å². The van der Waals surface area contributed by atoms with E-state index >= 15 is 0 Å². The second-order valence-electron chi connectivity index (χ2n) is 7.59. The summed E-state index contributed by atoms with van der Waals surface area (Å²) in [5.74, 6) is 0.406. The van der Waals surface area contributed by atoms with E-state index in [-0.39, 0.29) is 29.7 Å². The van der Waals surface area contributed by atoms with Gasteiger partial charge in [-0.3, -0.25) is 19.2 Å². The molecule has 0 aliphatic heterocycles. The van der Waals surface area contributed by atoms with Crippen molar-refractivity contribution in [1.82, 2.24) is 16.0 Å². The molecule has 28 heavy (non-hydrogen) atoms. The van der Waals surface area contributed by atoms with Crippen LogP contribution in [0.15, 0.2) is 0 Å². The lowest BCUT2D eigenvalue weighted by molar-refractivity contribution is -0.124. The zero-order valence-corrected chi connectivity index (χ0v) is 17.5. The molecule has 7 heteroatoms. The highest BCUT2D eigenvalue weighted by Gasteiger charge is 2.25. The van der Waals surface area contributed by atoms with Gasteiger partial charge < -0.3 is 16.0 Å². The van der Waals surface area contributed by atoms with Gasteiger partial charge in [-0.25, -0.2) is 0 Å². The van der Waals surface area contributed by atoms with Crippen LogP contribution in [0, 0.1) is 5.92 Å². The average Bonchev–Trinajstić information content (AvgIpc) is 2.69. The molecule has 3 amide bonds. The second kappa shape index (κ2) is 14.1. The molecule has 0 spiro atoms. The first kappa shape index (κ1) is 24.1. The highest BCUT2D eigenvalue weighted by atomic mass is 16.2. The minimum absolute atomic E-state index is 0.0147. The number of Topliss-reactive ketones (excluding diaryl/α,β-unsaturated/α-hetero) is 1. The molecule has 0 radical (unpaired) electrons. The third-order valence-corrected chi connectivity index (χ3v) is 5.18. The molecular formula is C21H37N3O4. The van der Waals surface area contributed by atoms with Crippen LogP contribution in [0.25, 0.3) is 0 Å². The molecule has 0 bridgehead atoms. The van der Waals surface area contributed by atoms with E-state index in [4.69, 9.17) is 0 Å². The van der Waals surface area contributed by atoms with Crippen LogP contribution in [0.3, 0.4) is 0 Å². The molecule has 0 saturated heterocycles. The van der Waals surface area contributed by atoms with E-state index in [1.807, 2.05) is 13.8 Å². The van der Waals surface area contributed by atoms with Crippen molar-refractivity contribution in [2.75, 3.05) is 13.1 Å². The summed E-state index contributed by atoms with van der Waals surface area (Å²) in [6.07, 6.45) is 7.12.